The molecule has 0 aromatic heterocycles. The van der Waals surface area contributed by atoms with Crippen molar-refractivity contribution < 1.29 is 19.1 Å². The molecule has 0 atom stereocenters. The Kier molecular flexibility index (Phi) is 1.81. The fourth-order valence-electron chi connectivity index (χ4n) is 1.11. The topological polar surface area (TPSA) is 26.0 Å². The Labute approximate surface area is 64.5 Å². The van der Waals surface area contributed by atoms with E-state index in [-0.39, 0.29) is 0 Å². The number of allylic oxidation sites excluding steroid dienone is 4. The average molecular weight is 217 g/mol. The molecule has 0 aliphatic heterocycles. The minimum atomic E-state index is -2.70. The van der Waals surface area contributed by atoms with Gasteiger partial charge in [-0.2, -0.15) is 0 Å². The van der Waals surface area contributed by atoms with Crippen LogP contribution in [0.3, 0.4) is 0 Å². The molecule has 0 heterocycles. The summed E-state index contributed by atoms with van der Waals surface area (Å²) in [4.78, 5) is 0. The van der Waals surface area contributed by atoms with Gasteiger partial charge in [-0.3, -0.25) is 0 Å². The molecule has 0 spiro atoms. The molecule has 0 radical (unpaired) electrons. The van der Waals surface area contributed by atoms with E-state index in [9.17, 15) is 0 Å². The normalized spacial score (nSPS) is 22.0. The van der Waals surface area contributed by atoms with Gasteiger partial charge in [0, 0.05) is 0 Å². The van der Waals surface area contributed by atoms with Crippen LogP contribution < -0.4 is 3.68 Å². The van der Waals surface area contributed by atoms with Gasteiger partial charge in [0.15, 0.2) is 0 Å². The Morgan fingerprint density at radius 2 is 2.00 bits per heavy atom. The van der Waals surface area contributed by atoms with Gasteiger partial charge < -0.3 is 0 Å². The first-order valence-electron chi connectivity index (χ1n) is 3.76. The van der Waals surface area contributed by atoms with Crippen molar-refractivity contribution in [3.63, 3.8) is 0 Å². The maximum atomic E-state index is 6.29. The van der Waals surface area contributed by atoms with E-state index < -0.39 is 19.1 Å². The first-order chi connectivity index (χ1) is 4.36. The van der Waals surface area contributed by atoms with Crippen LogP contribution in [-0.4, -0.2) is 0 Å². The molecule has 1 aliphatic carbocycles. The van der Waals surface area contributed by atoms with Gasteiger partial charge in [0.1, 0.15) is 0 Å². The Morgan fingerprint density at radius 1 is 1.40 bits per heavy atom. The third kappa shape index (κ3) is 1.90. The summed E-state index contributed by atoms with van der Waals surface area (Å²) >= 11 is -2.70. The van der Waals surface area contributed by atoms with Crippen LogP contribution in [0, 0.1) is 0 Å². The Bertz CT molecular complexity index is 196. The van der Waals surface area contributed by atoms with Crippen molar-refractivity contribution in [2.75, 3.05) is 0 Å². The maximum absolute atomic E-state index is 6.29. The van der Waals surface area contributed by atoms with E-state index in [1.165, 1.54) is 3.28 Å². The second kappa shape index (κ2) is 2.15. The van der Waals surface area contributed by atoms with Crippen molar-refractivity contribution >= 4 is 0 Å². The van der Waals surface area contributed by atoms with Gasteiger partial charge in [0.25, 0.3) is 0 Å². The molecule has 2 heteroatoms. The first-order valence-corrected chi connectivity index (χ1v) is 13.8. The summed E-state index contributed by atoms with van der Waals surface area (Å²) in [6, 6.07) is 0. The summed E-state index contributed by atoms with van der Waals surface area (Å²) in [7, 11) is 0. The molecule has 0 bridgehead atoms. The van der Waals surface area contributed by atoms with E-state index in [2.05, 4.69) is 32.1 Å². The van der Waals surface area contributed by atoms with Gasteiger partial charge in [-0.15, -0.1) is 0 Å². The van der Waals surface area contributed by atoms with E-state index >= 15 is 0 Å². The van der Waals surface area contributed by atoms with E-state index in [0.29, 0.717) is 0 Å². The molecule has 0 unspecified atom stereocenters. The fraction of sp³-hybridized carbons (Fsp3) is 0.500. The third-order valence-electron chi connectivity index (χ3n) is 1.92. The van der Waals surface area contributed by atoms with E-state index in [4.69, 9.17) is 3.68 Å². The van der Waals surface area contributed by atoms with Crippen LogP contribution in [-0.2, 0) is 19.1 Å². The zero-order chi connectivity index (χ0) is 7.85. The molecule has 57 valence electrons. The van der Waals surface area contributed by atoms with E-state index in [1.807, 2.05) is 0 Å². The SMILES string of the molecule is [CH3][Zr]([CH3])([CH3])([NH2])[C]1=CC=CC1. The van der Waals surface area contributed by atoms with Crippen molar-refractivity contribution in [3.05, 3.63) is 21.5 Å². The monoisotopic (exact) mass is 216 g/mol. The molecular weight excluding hydrogens is 201 g/mol. The van der Waals surface area contributed by atoms with Crippen LogP contribution in [0.15, 0.2) is 21.5 Å². The van der Waals surface area contributed by atoms with Gasteiger partial charge in [0.2, 0.25) is 0 Å². The second-order valence-corrected chi connectivity index (χ2v) is 22.2. The van der Waals surface area contributed by atoms with Crippen LogP contribution in [0.2, 0.25) is 13.9 Å². The van der Waals surface area contributed by atoms with Crippen LogP contribution in [0.4, 0.5) is 0 Å². The third-order valence-corrected chi connectivity index (χ3v) is 8.48. The molecule has 0 fully saturated rings. The zero-order valence-corrected chi connectivity index (χ0v) is 9.47. The summed E-state index contributed by atoms with van der Waals surface area (Å²) < 4.78 is 14.6. The molecule has 2 N–H and O–H groups in total. The summed E-state index contributed by atoms with van der Waals surface area (Å²) in [6.45, 7) is 0. The molecule has 0 aromatic carbocycles. The molecule has 0 amide bonds. The van der Waals surface area contributed by atoms with Gasteiger partial charge >= 0.3 is 64.6 Å². The quantitative estimate of drug-likeness (QED) is 0.718. The van der Waals surface area contributed by atoms with Gasteiger partial charge in [0.05, 0.1) is 0 Å². The summed E-state index contributed by atoms with van der Waals surface area (Å²) in [5.41, 5.74) is 0. The predicted molar refractivity (Wildman–Crippen MR) is 43.6 cm³/mol. The molecule has 0 saturated carbocycles. The number of hydrogen-bond acceptors (Lipinski definition) is 1. The van der Waals surface area contributed by atoms with Gasteiger partial charge in [-0.1, -0.05) is 0 Å². The van der Waals surface area contributed by atoms with Crippen LogP contribution in [0.1, 0.15) is 6.42 Å². The summed E-state index contributed by atoms with van der Waals surface area (Å²) in [5.74, 6) is 0. The molecule has 1 aliphatic rings. The van der Waals surface area contributed by atoms with Crippen molar-refractivity contribution in [2.24, 2.45) is 3.68 Å². The molecule has 0 aromatic rings. The van der Waals surface area contributed by atoms with E-state index in [0.717, 1.165) is 6.42 Å². The predicted octanol–water partition coefficient (Wildman–Crippen LogP) is 2.54. The van der Waals surface area contributed by atoms with Gasteiger partial charge in [-0.25, -0.2) is 0 Å². The molecular formula is C8H16NZr. The van der Waals surface area contributed by atoms with Crippen LogP contribution in [0.5, 0.6) is 0 Å². The molecule has 1 rings (SSSR count). The summed E-state index contributed by atoms with van der Waals surface area (Å²) in [6.07, 6.45) is 7.61. The van der Waals surface area contributed by atoms with Crippen LogP contribution in [0.25, 0.3) is 0 Å². The Hall–Kier alpha value is 0.323. The van der Waals surface area contributed by atoms with Crippen molar-refractivity contribution in [1.29, 1.82) is 0 Å². The van der Waals surface area contributed by atoms with Crippen molar-refractivity contribution in [2.45, 2.75) is 20.3 Å². The summed E-state index contributed by atoms with van der Waals surface area (Å²) in [5, 5.41) is 0. The minimum absolute atomic E-state index is 1.10. The Balaban J connectivity index is 2.87. The van der Waals surface area contributed by atoms with Gasteiger partial charge in [-0.05, 0) is 0 Å². The number of nitrogens with two attached hydrogens (primary N) is 1. The number of hydrogen-bond donors (Lipinski definition) is 1. The second-order valence-electron chi connectivity index (χ2n) is 4.58. The standard InChI is InChI=1S/C5H5.3CH3.H2N.Zr/c1-2-4-5-3-1;;;;;/h1-3H,4H2;3*1H3;1H2;/q;;;;-1;+1. The molecule has 0 saturated heterocycles. The molecule has 1 nitrogen and oxygen atoms in total. The van der Waals surface area contributed by atoms with Crippen molar-refractivity contribution in [3.8, 4) is 0 Å². The van der Waals surface area contributed by atoms with E-state index in [1.54, 1.807) is 0 Å². The van der Waals surface area contributed by atoms with Crippen molar-refractivity contribution in [1.82, 2.24) is 0 Å². The average Bonchev–Trinajstić information content (AvgIpc) is 2.04. The molecule has 10 heavy (non-hydrogen) atoms. The Morgan fingerprint density at radius 3 is 2.20 bits per heavy atom. The zero-order valence-electron chi connectivity index (χ0n) is 7.02. The van der Waals surface area contributed by atoms with Crippen LogP contribution >= 0.6 is 0 Å². The first kappa shape index (κ1) is 8.42. The number of rotatable bonds is 1. The fourth-order valence-corrected chi connectivity index (χ4v) is 4.90.